The third-order valence-corrected chi connectivity index (χ3v) is 3.54. The van der Waals surface area contributed by atoms with Crippen molar-refractivity contribution in [1.29, 1.82) is 0 Å². The highest BCUT2D eigenvalue weighted by atomic mass is 79.9. The van der Waals surface area contributed by atoms with Gasteiger partial charge in [-0.3, -0.25) is 15.5 Å². The number of hydrogen-bond acceptors (Lipinski definition) is 4. The monoisotopic (exact) mass is 309 g/mol. The van der Waals surface area contributed by atoms with Crippen molar-refractivity contribution in [3.05, 3.63) is 46.0 Å². The summed E-state index contributed by atoms with van der Waals surface area (Å²) < 4.78 is 2.86. The lowest BCUT2D eigenvalue weighted by Crippen LogP contribution is -2.31. The first-order valence-corrected chi connectivity index (χ1v) is 6.57. The Bertz CT molecular complexity index is 537. The van der Waals surface area contributed by atoms with Gasteiger partial charge in [-0.05, 0) is 41.4 Å². The lowest BCUT2D eigenvalue weighted by molar-refractivity contribution is 0.539. The number of pyridine rings is 1. The number of hydrazine groups is 1. The smallest absolute Gasteiger partial charge is 0.0907 e. The summed E-state index contributed by atoms with van der Waals surface area (Å²) in [6, 6.07) is 3.80. The lowest BCUT2D eigenvalue weighted by atomic mass is 10.0. The van der Waals surface area contributed by atoms with Gasteiger partial charge in [-0.2, -0.15) is 5.10 Å². The van der Waals surface area contributed by atoms with Crippen LogP contribution in [0.4, 0.5) is 0 Å². The third-order valence-electron chi connectivity index (χ3n) is 2.93. The number of nitrogens with zero attached hydrogens (tertiary/aromatic N) is 3. The number of aromatic nitrogens is 3. The zero-order valence-electron chi connectivity index (χ0n) is 10.4. The van der Waals surface area contributed by atoms with Crippen LogP contribution in [-0.4, -0.2) is 14.8 Å². The summed E-state index contributed by atoms with van der Waals surface area (Å²) in [6.07, 6.45) is 3.56. The topological polar surface area (TPSA) is 68.8 Å². The quantitative estimate of drug-likeness (QED) is 0.669. The van der Waals surface area contributed by atoms with E-state index < -0.39 is 0 Å². The molecule has 0 spiro atoms. The van der Waals surface area contributed by atoms with E-state index in [1.54, 1.807) is 12.4 Å². The largest absolute Gasteiger partial charge is 0.271 e. The fourth-order valence-electron chi connectivity index (χ4n) is 2.03. The molecule has 0 aliphatic rings. The Balaban J connectivity index is 2.52. The van der Waals surface area contributed by atoms with Crippen LogP contribution >= 0.6 is 15.9 Å². The molecule has 3 N–H and O–H groups in total. The number of aryl methyl sites for hydroxylation is 2. The second-order valence-electron chi connectivity index (χ2n) is 3.97. The molecular formula is C12H16BrN5. The highest BCUT2D eigenvalue weighted by molar-refractivity contribution is 9.10. The molecule has 2 aromatic heterocycles. The summed E-state index contributed by atoms with van der Waals surface area (Å²) in [7, 11) is 0. The van der Waals surface area contributed by atoms with E-state index in [0.717, 1.165) is 28.0 Å². The number of rotatable bonds is 4. The highest BCUT2D eigenvalue weighted by Gasteiger charge is 2.22. The minimum atomic E-state index is -0.129. The summed E-state index contributed by atoms with van der Waals surface area (Å²) in [5, 5.41) is 4.31. The molecule has 6 heteroatoms. The molecule has 5 nitrogen and oxygen atoms in total. The minimum Gasteiger partial charge on any atom is -0.271 e. The average Bonchev–Trinajstić information content (AvgIpc) is 2.74. The van der Waals surface area contributed by atoms with Gasteiger partial charge in [-0.25, -0.2) is 5.43 Å². The molecule has 18 heavy (non-hydrogen) atoms. The third kappa shape index (κ3) is 2.31. The van der Waals surface area contributed by atoms with Crippen LogP contribution < -0.4 is 11.3 Å². The van der Waals surface area contributed by atoms with E-state index in [2.05, 4.69) is 31.4 Å². The van der Waals surface area contributed by atoms with E-state index >= 15 is 0 Å². The number of hydrogen-bond donors (Lipinski definition) is 2. The maximum atomic E-state index is 5.72. The summed E-state index contributed by atoms with van der Waals surface area (Å²) in [5.41, 5.74) is 5.86. The molecule has 0 saturated heterocycles. The molecule has 0 amide bonds. The van der Waals surface area contributed by atoms with Crippen LogP contribution in [0.5, 0.6) is 0 Å². The molecule has 0 fully saturated rings. The summed E-state index contributed by atoms with van der Waals surface area (Å²) in [5.74, 6) is 5.72. The van der Waals surface area contributed by atoms with Crippen LogP contribution in [0.3, 0.4) is 0 Å². The highest BCUT2D eigenvalue weighted by Crippen LogP contribution is 2.29. The van der Waals surface area contributed by atoms with Gasteiger partial charge in [-0.15, -0.1) is 0 Å². The SMILES string of the molecule is CCn1ncc(Br)c1C(NN)c1cccnc1C. The van der Waals surface area contributed by atoms with Crippen molar-refractivity contribution in [2.24, 2.45) is 5.84 Å². The van der Waals surface area contributed by atoms with Crippen molar-refractivity contribution in [3.63, 3.8) is 0 Å². The van der Waals surface area contributed by atoms with Gasteiger partial charge in [0.05, 0.1) is 22.4 Å². The molecule has 0 radical (unpaired) electrons. The lowest BCUT2D eigenvalue weighted by Gasteiger charge is -2.19. The van der Waals surface area contributed by atoms with Crippen LogP contribution in [-0.2, 0) is 6.54 Å². The molecule has 2 rings (SSSR count). The molecule has 1 atom stereocenters. The van der Waals surface area contributed by atoms with Crippen molar-refractivity contribution in [2.75, 3.05) is 0 Å². The molecule has 0 bridgehead atoms. The van der Waals surface area contributed by atoms with E-state index in [1.807, 2.05) is 30.7 Å². The fourth-order valence-corrected chi connectivity index (χ4v) is 2.55. The first kappa shape index (κ1) is 13.2. The summed E-state index contributed by atoms with van der Waals surface area (Å²) in [4.78, 5) is 4.30. The van der Waals surface area contributed by atoms with Gasteiger partial charge in [0.15, 0.2) is 0 Å². The molecular weight excluding hydrogens is 294 g/mol. The van der Waals surface area contributed by atoms with Gasteiger partial charge >= 0.3 is 0 Å². The van der Waals surface area contributed by atoms with Crippen LogP contribution in [0.1, 0.15) is 29.9 Å². The van der Waals surface area contributed by atoms with Gasteiger partial charge < -0.3 is 0 Å². The average molecular weight is 310 g/mol. The molecule has 96 valence electrons. The molecule has 0 saturated carbocycles. The van der Waals surface area contributed by atoms with E-state index in [-0.39, 0.29) is 6.04 Å². The van der Waals surface area contributed by atoms with Gasteiger partial charge in [0, 0.05) is 18.4 Å². The van der Waals surface area contributed by atoms with Crippen LogP contribution in [0.15, 0.2) is 29.0 Å². The van der Waals surface area contributed by atoms with Gasteiger partial charge in [0.25, 0.3) is 0 Å². The Morgan fingerprint density at radius 1 is 1.56 bits per heavy atom. The normalized spacial score (nSPS) is 12.7. The van der Waals surface area contributed by atoms with Gasteiger partial charge in [-0.1, -0.05) is 6.07 Å². The maximum absolute atomic E-state index is 5.72. The van der Waals surface area contributed by atoms with E-state index in [9.17, 15) is 0 Å². The molecule has 1 unspecified atom stereocenters. The van der Waals surface area contributed by atoms with Gasteiger partial charge in [0.1, 0.15) is 0 Å². The number of halogens is 1. The second-order valence-corrected chi connectivity index (χ2v) is 4.83. The van der Waals surface area contributed by atoms with Gasteiger partial charge in [0.2, 0.25) is 0 Å². The predicted octanol–water partition coefficient (Wildman–Crippen LogP) is 1.92. The van der Waals surface area contributed by atoms with E-state index in [1.165, 1.54) is 0 Å². The Morgan fingerprint density at radius 2 is 2.33 bits per heavy atom. The van der Waals surface area contributed by atoms with Crippen molar-refractivity contribution < 1.29 is 0 Å². The zero-order valence-corrected chi connectivity index (χ0v) is 12.0. The molecule has 2 aromatic rings. The summed E-state index contributed by atoms with van der Waals surface area (Å²) in [6.45, 7) is 4.81. The molecule has 2 heterocycles. The fraction of sp³-hybridized carbons (Fsp3) is 0.333. The Morgan fingerprint density at radius 3 is 2.94 bits per heavy atom. The van der Waals surface area contributed by atoms with Crippen LogP contribution in [0.2, 0.25) is 0 Å². The first-order valence-electron chi connectivity index (χ1n) is 5.77. The molecule has 0 aliphatic heterocycles. The standard InChI is InChI=1S/C12H16BrN5/c1-3-18-12(10(13)7-16-18)11(17-14)9-5-4-6-15-8(9)2/h4-7,11,17H,3,14H2,1-2H3. The predicted molar refractivity (Wildman–Crippen MR) is 73.7 cm³/mol. The number of nitrogens with two attached hydrogens (primary N) is 1. The Labute approximate surface area is 115 Å². The Hall–Kier alpha value is -1.24. The minimum absolute atomic E-state index is 0.129. The van der Waals surface area contributed by atoms with Crippen LogP contribution in [0.25, 0.3) is 0 Å². The first-order chi connectivity index (χ1) is 8.69. The van der Waals surface area contributed by atoms with Crippen molar-refractivity contribution in [2.45, 2.75) is 26.4 Å². The molecule has 0 aromatic carbocycles. The van der Waals surface area contributed by atoms with E-state index in [0.29, 0.717) is 0 Å². The molecule has 0 aliphatic carbocycles. The van der Waals surface area contributed by atoms with E-state index in [4.69, 9.17) is 5.84 Å². The zero-order chi connectivity index (χ0) is 13.1. The van der Waals surface area contributed by atoms with Crippen molar-refractivity contribution >= 4 is 15.9 Å². The van der Waals surface area contributed by atoms with Crippen LogP contribution in [0, 0.1) is 6.92 Å². The van der Waals surface area contributed by atoms with Crippen molar-refractivity contribution in [3.8, 4) is 0 Å². The summed E-state index contributed by atoms with van der Waals surface area (Å²) >= 11 is 3.52. The maximum Gasteiger partial charge on any atom is 0.0907 e. The number of nitrogens with one attached hydrogen (secondary N) is 1. The van der Waals surface area contributed by atoms with Crippen molar-refractivity contribution in [1.82, 2.24) is 20.2 Å². The second kappa shape index (κ2) is 5.60. The Kier molecular flexibility index (Phi) is 4.11.